The van der Waals surface area contributed by atoms with Crippen LogP contribution in [0, 0.1) is 12.8 Å². The molecule has 0 bridgehead atoms. The van der Waals surface area contributed by atoms with Crippen molar-refractivity contribution >= 4 is 6.03 Å². The number of rotatable bonds is 5. The van der Waals surface area contributed by atoms with Crippen molar-refractivity contribution in [1.82, 2.24) is 10.2 Å². The molecule has 0 saturated carbocycles. The van der Waals surface area contributed by atoms with Crippen LogP contribution in [0.1, 0.15) is 17.5 Å². The van der Waals surface area contributed by atoms with Crippen LogP contribution in [0.3, 0.4) is 0 Å². The number of aliphatic hydroxyl groups excluding tert-OH is 1. The molecule has 5 heteroatoms. The number of carbonyl (C=O) groups is 1. The molecule has 1 unspecified atom stereocenters. The lowest BCUT2D eigenvalue weighted by atomic mass is 10.1. The zero-order chi connectivity index (χ0) is 15.2. The Morgan fingerprint density at radius 3 is 3.00 bits per heavy atom. The van der Waals surface area contributed by atoms with Crippen molar-refractivity contribution < 1.29 is 14.6 Å². The Morgan fingerprint density at radius 2 is 2.33 bits per heavy atom. The second kappa shape index (κ2) is 7.31. The van der Waals surface area contributed by atoms with E-state index in [-0.39, 0.29) is 18.6 Å². The molecule has 1 heterocycles. The zero-order valence-electron chi connectivity index (χ0n) is 12.8. The maximum atomic E-state index is 12.0. The van der Waals surface area contributed by atoms with Gasteiger partial charge < -0.3 is 20.1 Å². The molecular formula is C16H24N2O3. The molecule has 1 aliphatic heterocycles. The first-order chi connectivity index (χ1) is 10.1. The number of aliphatic hydroxyl groups is 1. The number of methoxy groups -OCH3 is 1. The van der Waals surface area contributed by atoms with E-state index >= 15 is 0 Å². The van der Waals surface area contributed by atoms with E-state index in [0.29, 0.717) is 13.1 Å². The maximum Gasteiger partial charge on any atom is 0.317 e. The van der Waals surface area contributed by atoms with Gasteiger partial charge in [0.05, 0.1) is 7.11 Å². The largest absolute Gasteiger partial charge is 0.496 e. The number of ether oxygens (including phenoxy) is 1. The summed E-state index contributed by atoms with van der Waals surface area (Å²) >= 11 is 0. The van der Waals surface area contributed by atoms with Crippen LogP contribution in [0.5, 0.6) is 5.75 Å². The minimum atomic E-state index is -0.0370. The molecule has 0 spiro atoms. The standard InChI is InChI=1S/C16H24N2O3/c1-12-3-4-13(9-15(12)21-2)5-7-17-16(20)18-8-6-14(10-18)11-19/h3-4,9,14,19H,5-8,10-11H2,1-2H3,(H,17,20). The molecule has 1 aromatic rings. The number of benzene rings is 1. The van der Waals surface area contributed by atoms with Gasteiger partial charge in [-0.1, -0.05) is 12.1 Å². The quantitative estimate of drug-likeness (QED) is 0.866. The Hall–Kier alpha value is -1.75. The van der Waals surface area contributed by atoms with E-state index in [4.69, 9.17) is 9.84 Å². The van der Waals surface area contributed by atoms with E-state index in [1.807, 2.05) is 19.1 Å². The third kappa shape index (κ3) is 4.11. The number of carbonyl (C=O) groups excluding carboxylic acids is 1. The number of likely N-dealkylation sites (tertiary alicyclic amines) is 1. The topological polar surface area (TPSA) is 61.8 Å². The van der Waals surface area contributed by atoms with Gasteiger partial charge in [-0.15, -0.1) is 0 Å². The first kappa shape index (κ1) is 15.6. The Bertz CT molecular complexity index is 490. The lowest BCUT2D eigenvalue weighted by Crippen LogP contribution is -2.39. The highest BCUT2D eigenvalue weighted by Crippen LogP contribution is 2.19. The van der Waals surface area contributed by atoms with Gasteiger partial charge in [0.15, 0.2) is 0 Å². The second-order valence-electron chi connectivity index (χ2n) is 5.57. The summed E-state index contributed by atoms with van der Waals surface area (Å²) in [6.45, 7) is 4.16. The number of urea groups is 1. The first-order valence-corrected chi connectivity index (χ1v) is 7.41. The summed E-state index contributed by atoms with van der Waals surface area (Å²) in [6.07, 6.45) is 1.67. The summed E-state index contributed by atoms with van der Waals surface area (Å²) in [5, 5.41) is 12.0. The molecule has 2 rings (SSSR count). The summed E-state index contributed by atoms with van der Waals surface area (Å²) in [6, 6.07) is 6.06. The van der Waals surface area contributed by atoms with Gasteiger partial charge in [0, 0.05) is 32.2 Å². The van der Waals surface area contributed by atoms with Gasteiger partial charge in [0.25, 0.3) is 0 Å². The molecule has 1 aliphatic rings. The van der Waals surface area contributed by atoms with Crippen LogP contribution >= 0.6 is 0 Å². The van der Waals surface area contributed by atoms with Crippen LogP contribution in [-0.4, -0.2) is 49.4 Å². The van der Waals surface area contributed by atoms with Crippen molar-refractivity contribution in [2.24, 2.45) is 5.92 Å². The summed E-state index contributed by atoms with van der Waals surface area (Å²) in [5.41, 5.74) is 2.25. The van der Waals surface area contributed by atoms with Crippen LogP contribution in [0.2, 0.25) is 0 Å². The molecule has 2 N–H and O–H groups in total. The lowest BCUT2D eigenvalue weighted by molar-refractivity contribution is 0.198. The second-order valence-corrected chi connectivity index (χ2v) is 5.57. The fraction of sp³-hybridized carbons (Fsp3) is 0.562. The molecule has 1 aromatic carbocycles. The summed E-state index contributed by atoms with van der Waals surface area (Å²) in [5.74, 6) is 1.11. The number of nitrogens with zero attached hydrogens (tertiary/aromatic N) is 1. The van der Waals surface area contributed by atoms with E-state index in [1.165, 1.54) is 0 Å². The van der Waals surface area contributed by atoms with Crippen LogP contribution in [0.4, 0.5) is 4.79 Å². The van der Waals surface area contributed by atoms with Crippen molar-refractivity contribution in [3.63, 3.8) is 0 Å². The van der Waals surface area contributed by atoms with E-state index in [2.05, 4.69) is 11.4 Å². The van der Waals surface area contributed by atoms with Gasteiger partial charge >= 0.3 is 6.03 Å². The van der Waals surface area contributed by atoms with Gasteiger partial charge in [-0.05, 0) is 37.0 Å². The first-order valence-electron chi connectivity index (χ1n) is 7.41. The van der Waals surface area contributed by atoms with Crippen molar-refractivity contribution in [1.29, 1.82) is 0 Å². The molecule has 116 valence electrons. The summed E-state index contributed by atoms with van der Waals surface area (Å²) < 4.78 is 5.30. The Balaban J connectivity index is 1.78. The molecule has 0 aromatic heterocycles. The Kier molecular flexibility index (Phi) is 5.44. The van der Waals surface area contributed by atoms with E-state index in [9.17, 15) is 4.79 Å². The Labute approximate surface area is 125 Å². The Morgan fingerprint density at radius 1 is 1.52 bits per heavy atom. The third-order valence-corrected chi connectivity index (χ3v) is 3.99. The van der Waals surface area contributed by atoms with Crippen LogP contribution in [0.15, 0.2) is 18.2 Å². The SMILES string of the molecule is COc1cc(CCNC(=O)N2CCC(CO)C2)ccc1C. The van der Waals surface area contributed by atoms with E-state index in [1.54, 1.807) is 12.0 Å². The highest BCUT2D eigenvalue weighted by molar-refractivity contribution is 5.74. The molecule has 5 nitrogen and oxygen atoms in total. The highest BCUT2D eigenvalue weighted by atomic mass is 16.5. The molecule has 0 aliphatic carbocycles. The van der Waals surface area contributed by atoms with Crippen molar-refractivity contribution in [3.05, 3.63) is 29.3 Å². The molecule has 2 amide bonds. The number of nitrogens with one attached hydrogen (secondary N) is 1. The molecule has 1 atom stereocenters. The third-order valence-electron chi connectivity index (χ3n) is 3.99. The summed E-state index contributed by atoms with van der Waals surface area (Å²) in [4.78, 5) is 13.8. The van der Waals surface area contributed by atoms with Gasteiger partial charge in [0.1, 0.15) is 5.75 Å². The smallest absolute Gasteiger partial charge is 0.317 e. The molecule has 1 fully saturated rings. The van der Waals surface area contributed by atoms with Gasteiger partial charge in [-0.2, -0.15) is 0 Å². The minimum absolute atomic E-state index is 0.0370. The zero-order valence-corrected chi connectivity index (χ0v) is 12.8. The predicted molar refractivity (Wildman–Crippen MR) is 81.6 cm³/mol. The van der Waals surface area contributed by atoms with E-state index in [0.717, 1.165) is 36.3 Å². The molecule has 1 saturated heterocycles. The van der Waals surface area contributed by atoms with Crippen molar-refractivity contribution in [2.75, 3.05) is 33.4 Å². The maximum absolute atomic E-state index is 12.0. The molecule has 21 heavy (non-hydrogen) atoms. The molecular weight excluding hydrogens is 268 g/mol. The van der Waals surface area contributed by atoms with Crippen molar-refractivity contribution in [2.45, 2.75) is 19.8 Å². The highest BCUT2D eigenvalue weighted by Gasteiger charge is 2.25. The lowest BCUT2D eigenvalue weighted by Gasteiger charge is -2.17. The monoisotopic (exact) mass is 292 g/mol. The van der Waals surface area contributed by atoms with Crippen LogP contribution < -0.4 is 10.1 Å². The number of hydrogen-bond acceptors (Lipinski definition) is 3. The fourth-order valence-electron chi connectivity index (χ4n) is 2.61. The number of aryl methyl sites for hydroxylation is 1. The van der Waals surface area contributed by atoms with Gasteiger partial charge in [0.2, 0.25) is 0 Å². The number of amides is 2. The average Bonchev–Trinajstić information content (AvgIpc) is 2.98. The molecule has 0 radical (unpaired) electrons. The van der Waals surface area contributed by atoms with Gasteiger partial charge in [-0.3, -0.25) is 0 Å². The van der Waals surface area contributed by atoms with Crippen LogP contribution in [-0.2, 0) is 6.42 Å². The van der Waals surface area contributed by atoms with Crippen LogP contribution in [0.25, 0.3) is 0 Å². The van der Waals surface area contributed by atoms with Gasteiger partial charge in [-0.25, -0.2) is 4.79 Å². The van der Waals surface area contributed by atoms with Crippen molar-refractivity contribution in [3.8, 4) is 5.75 Å². The minimum Gasteiger partial charge on any atom is -0.496 e. The fourth-order valence-corrected chi connectivity index (χ4v) is 2.61. The normalized spacial score (nSPS) is 17.9. The van der Waals surface area contributed by atoms with E-state index < -0.39 is 0 Å². The predicted octanol–water partition coefficient (Wildman–Crippen LogP) is 1.57. The number of hydrogen-bond donors (Lipinski definition) is 2. The summed E-state index contributed by atoms with van der Waals surface area (Å²) in [7, 11) is 1.67. The average molecular weight is 292 g/mol.